The van der Waals surface area contributed by atoms with Crippen LogP contribution in [-0.2, 0) is 0 Å². The van der Waals surface area contributed by atoms with Gasteiger partial charge >= 0.3 is 12.1 Å². The van der Waals surface area contributed by atoms with Crippen LogP contribution in [-0.4, -0.2) is 84.6 Å². The first-order valence-electron chi connectivity index (χ1n) is 11.1. The molecule has 0 spiro atoms. The van der Waals surface area contributed by atoms with E-state index in [4.69, 9.17) is 0 Å². The Morgan fingerprint density at radius 2 is 1.70 bits per heavy atom. The molecule has 4 N–H and O–H groups in total. The number of nitrogens with zero attached hydrogens (tertiary/aromatic N) is 2. The van der Waals surface area contributed by atoms with E-state index in [-0.39, 0.29) is 29.0 Å². The molecular formula is C20H40N6O2S2. The lowest BCUT2D eigenvalue weighted by Crippen LogP contribution is -2.51. The van der Waals surface area contributed by atoms with E-state index in [0.717, 1.165) is 58.3 Å². The van der Waals surface area contributed by atoms with E-state index in [1.807, 2.05) is 9.80 Å². The van der Waals surface area contributed by atoms with Crippen molar-refractivity contribution in [2.45, 2.75) is 75.9 Å². The predicted octanol–water partition coefficient (Wildman–Crippen LogP) is 2.24. The Hall–Kier alpha value is -0.840. The summed E-state index contributed by atoms with van der Waals surface area (Å²) in [5, 5.41) is 12.8. The zero-order valence-corrected chi connectivity index (χ0v) is 20.6. The molecular weight excluding hydrogens is 420 g/mol. The van der Waals surface area contributed by atoms with Crippen molar-refractivity contribution in [1.29, 1.82) is 0 Å². The fraction of sp³-hybridized carbons (Fsp3) is 0.900. The SMILES string of the molecule is CNC(=O)N1CCCC1CNC(C)(CCNC(=O)N1CCCC1CNC(C)C)SS. The molecule has 2 fully saturated rings. The van der Waals surface area contributed by atoms with Crippen LogP contribution in [0.15, 0.2) is 0 Å². The van der Waals surface area contributed by atoms with Crippen LogP contribution < -0.4 is 21.3 Å². The van der Waals surface area contributed by atoms with Gasteiger partial charge in [-0.3, -0.25) is 0 Å². The lowest BCUT2D eigenvalue weighted by Gasteiger charge is -2.33. The predicted molar refractivity (Wildman–Crippen MR) is 128 cm³/mol. The van der Waals surface area contributed by atoms with Gasteiger partial charge in [0.2, 0.25) is 0 Å². The third kappa shape index (κ3) is 7.39. The number of hydrogen-bond acceptors (Lipinski definition) is 6. The van der Waals surface area contributed by atoms with Gasteiger partial charge in [-0.15, -0.1) is 11.7 Å². The van der Waals surface area contributed by atoms with E-state index in [1.54, 1.807) is 7.05 Å². The monoisotopic (exact) mass is 460 g/mol. The summed E-state index contributed by atoms with van der Waals surface area (Å²) in [7, 11) is 3.13. The Morgan fingerprint density at radius 1 is 1.10 bits per heavy atom. The zero-order chi connectivity index (χ0) is 22.1. The van der Waals surface area contributed by atoms with E-state index in [0.29, 0.717) is 12.6 Å². The van der Waals surface area contributed by atoms with Crippen molar-refractivity contribution in [2.75, 3.05) is 39.8 Å². The molecule has 0 radical (unpaired) electrons. The number of carbonyl (C=O) groups is 2. The summed E-state index contributed by atoms with van der Waals surface area (Å²) in [6, 6.07) is 0.899. The number of carbonyl (C=O) groups excluding carboxylic acids is 2. The van der Waals surface area contributed by atoms with E-state index in [9.17, 15) is 9.59 Å². The number of nitrogens with one attached hydrogen (secondary N) is 4. The minimum Gasteiger partial charge on any atom is -0.341 e. The molecule has 2 rings (SSSR count). The lowest BCUT2D eigenvalue weighted by atomic mass is 10.1. The molecule has 174 valence electrons. The average Bonchev–Trinajstić information content (AvgIpc) is 3.39. The molecule has 0 aromatic heterocycles. The van der Waals surface area contributed by atoms with Crippen LogP contribution in [0.4, 0.5) is 9.59 Å². The Kier molecular flexibility index (Phi) is 10.4. The molecule has 0 aromatic rings. The molecule has 4 amide bonds. The highest BCUT2D eigenvalue weighted by atomic mass is 33.1. The van der Waals surface area contributed by atoms with Crippen LogP contribution in [0.2, 0.25) is 0 Å². The van der Waals surface area contributed by atoms with Crippen molar-refractivity contribution < 1.29 is 9.59 Å². The summed E-state index contributed by atoms with van der Waals surface area (Å²) in [5.74, 6) is 0. The third-order valence-electron chi connectivity index (χ3n) is 6.04. The van der Waals surface area contributed by atoms with Crippen molar-refractivity contribution in [2.24, 2.45) is 0 Å². The molecule has 2 saturated heterocycles. The van der Waals surface area contributed by atoms with Crippen LogP contribution in [0.5, 0.6) is 0 Å². The molecule has 8 nitrogen and oxygen atoms in total. The quantitative estimate of drug-likeness (QED) is 0.196. The minimum absolute atomic E-state index is 0.0149. The maximum atomic E-state index is 12.7. The maximum absolute atomic E-state index is 12.7. The van der Waals surface area contributed by atoms with Crippen LogP contribution in [0, 0.1) is 0 Å². The molecule has 2 aliphatic heterocycles. The molecule has 30 heavy (non-hydrogen) atoms. The minimum atomic E-state index is -0.281. The van der Waals surface area contributed by atoms with Crippen molar-refractivity contribution in [1.82, 2.24) is 31.1 Å². The van der Waals surface area contributed by atoms with Gasteiger partial charge in [0.25, 0.3) is 0 Å². The zero-order valence-electron chi connectivity index (χ0n) is 18.9. The van der Waals surface area contributed by atoms with Crippen molar-refractivity contribution >= 4 is 34.5 Å². The van der Waals surface area contributed by atoms with Gasteiger partial charge in [-0.05, 0) is 39.0 Å². The number of urea groups is 2. The Labute approximate surface area is 190 Å². The first kappa shape index (κ1) is 25.4. The molecule has 2 heterocycles. The molecule has 3 unspecified atom stereocenters. The summed E-state index contributed by atoms with van der Waals surface area (Å²) in [6.45, 7) is 10.1. The molecule has 3 atom stereocenters. The Morgan fingerprint density at radius 3 is 2.27 bits per heavy atom. The second kappa shape index (κ2) is 12.3. The van der Waals surface area contributed by atoms with Gasteiger partial charge in [0, 0.05) is 57.9 Å². The average molecular weight is 461 g/mol. The van der Waals surface area contributed by atoms with E-state index in [1.165, 1.54) is 10.8 Å². The normalized spacial score (nSPS) is 23.7. The summed E-state index contributed by atoms with van der Waals surface area (Å²) < 4.78 is 0. The van der Waals surface area contributed by atoms with Crippen molar-refractivity contribution in [3.05, 3.63) is 0 Å². The van der Waals surface area contributed by atoms with Crippen LogP contribution in [0.3, 0.4) is 0 Å². The first-order chi connectivity index (χ1) is 14.3. The molecule has 0 bridgehead atoms. The second-order valence-corrected chi connectivity index (χ2v) is 10.4. The summed E-state index contributed by atoms with van der Waals surface area (Å²) in [5.41, 5.74) is 0. The summed E-state index contributed by atoms with van der Waals surface area (Å²) >= 11 is 4.46. The number of likely N-dealkylation sites (tertiary alicyclic amines) is 2. The maximum Gasteiger partial charge on any atom is 0.317 e. The Bertz CT molecular complexity index is 567. The van der Waals surface area contributed by atoms with E-state index >= 15 is 0 Å². The smallest absolute Gasteiger partial charge is 0.317 e. The van der Waals surface area contributed by atoms with Gasteiger partial charge in [0.05, 0.1) is 4.87 Å². The highest BCUT2D eigenvalue weighted by Crippen LogP contribution is 2.29. The topological polar surface area (TPSA) is 88.7 Å². The van der Waals surface area contributed by atoms with Gasteiger partial charge in [-0.2, -0.15) is 0 Å². The van der Waals surface area contributed by atoms with Gasteiger partial charge in [-0.1, -0.05) is 24.6 Å². The van der Waals surface area contributed by atoms with Gasteiger partial charge in [0.1, 0.15) is 0 Å². The van der Waals surface area contributed by atoms with E-state index in [2.05, 4.69) is 53.7 Å². The van der Waals surface area contributed by atoms with Gasteiger partial charge in [0.15, 0.2) is 0 Å². The largest absolute Gasteiger partial charge is 0.341 e. The standard InChI is InChI=1S/C20H40N6O2S2/c1-15(2)23-13-16-7-5-12-26(16)19(28)22-10-9-20(3,30-29)24-14-17-8-6-11-25(17)18(27)21-4/h15-17,23-24,29H,5-14H2,1-4H3,(H,21,27)(H,22,28). The number of thiol groups is 1. The first-order valence-corrected chi connectivity index (χ1v) is 13.0. The molecule has 0 aromatic carbocycles. The van der Waals surface area contributed by atoms with Crippen LogP contribution in [0.25, 0.3) is 0 Å². The molecule has 0 saturated carbocycles. The fourth-order valence-corrected chi connectivity index (χ4v) is 4.96. The third-order valence-corrected chi connectivity index (χ3v) is 8.00. The van der Waals surface area contributed by atoms with Crippen molar-refractivity contribution in [3.63, 3.8) is 0 Å². The van der Waals surface area contributed by atoms with Crippen LogP contribution in [0.1, 0.15) is 52.9 Å². The molecule has 2 aliphatic rings. The van der Waals surface area contributed by atoms with Crippen LogP contribution >= 0.6 is 22.5 Å². The van der Waals surface area contributed by atoms with Gasteiger partial charge < -0.3 is 31.1 Å². The molecule has 0 aliphatic carbocycles. The Balaban J connectivity index is 1.77. The molecule has 10 heteroatoms. The summed E-state index contributed by atoms with van der Waals surface area (Å²) in [4.78, 5) is 28.3. The summed E-state index contributed by atoms with van der Waals surface area (Å²) in [6.07, 6.45) is 4.91. The lowest BCUT2D eigenvalue weighted by molar-refractivity contribution is 0.188. The second-order valence-electron chi connectivity index (χ2n) is 8.78. The number of hydrogen-bond donors (Lipinski definition) is 5. The highest BCUT2D eigenvalue weighted by Gasteiger charge is 2.32. The van der Waals surface area contributed by atoms with Crippen molar-refractivity contribution in [3.8, 4) is 0 Å². The highest BCUT2D eigenvalue weighted by molar-refractivity contribution is 8.69. The fourth-order valence-electron chi connectivity index (χ4n) is 4.16. The number of amides is 4. The van der Waals surface area contributed by atoms with E-state index < -0.39 is 0 Å². The van der Waals surface area contributed by atoms with Gasteiger partial charge in [-0.25, -0.2) is 9.59 Å². The number of rotatable bonds is 10.